The molecule has 1 aliphatic carbocycles. The van der Waals surface area contributed by atoms with E-state index in [1.54, 1.807) is 19.1 Å². The molecule has 2 aromatic rings. The maximum Gasteiger partial charge on any atom is 0.194 e. The minimum absolute atomic E-state index is 0.0570. The van der Waals surface area contributed by atoms with Gasteiger partial charge < -0.3 is 0 Å². The Hall–Kier alpha value is -2.48. The smallest absolute Gasteiger partial charge is 0.194 e. The van der Waals surface area contributed by atoms with Crippen molar-refractivity contribution in [3.63, 3.8) is 0 Å². The third-order valence-corrected chi connectivity index (χ3v) is 3.67. The van der Waals surface area contributed by atoms with Gasteiger partial charge in [0.2, 0.25) is 0 Å². The minimum Gasteiger partial charge on any atom is -0.289 e. The van der Waals surface area contributed by atoms with E-state index in [0.717, 1.165) is 11.1 Å². The summed E-state index contributed by atoms with van der Waals surface area (Å²) in [7, 11) is 0. The molecule has 1 aliphatic rings. The van der Waals surface area contributed by atoms with E-state index in [0.29, 0.717) is 22.3 Å². The first-order valence-corrected chi connectivity index (χ1v) is 6.56. The van der Waals surface area contributed by atoms with Crippen LogP contribution in [0, 0.1) is 6.92 Å². The quantitative estimate of drug-likeness (QED) is 0.782. The van der Waals surface area contributed by atoms with Gasteiger partial charge >= 0.3 is 0 Å². The van der Waals surface area contributed by atoms with Crippen molar-refractivity contribution < 1.29 is 9.59 Å². The van der Waals surface area contributed by atoms with Crippen molar-refractivity contribution in [3.05, 3.63) is 76.4 Å². The first kappa shape index (κ1) is 12.5. The van der Waals surface area contributed by atoms with Crippen LogP contribution in [0.5, 0.6) is 0 Å². The van der Waals surface area contributed by atoms with Gasteiger partial charge in [0.25, 0.3) is 0 Å². The van der Waals surface area contributed by atoms with E-state index in [9.17, 15) is 9.59 Å². The van der Waals surface area contributed by atoms with E-state index in [1.807, 2.05) is 43.3 Å². The monoisotopic (exact) mass is 262 g/mol. The summed E-state index contributed by atoms with van der Waals surface area (Å²) in [6.07, 6.45) is 0. The lowest BCUT2D eigenvalue weighted by atomic mass is 9.81. The van der Waals surface area contributed by atoms with E-state index in [-0.39, 0.29) is 11.6 Å². The lowest BCUT2D eigenvalue weighted by Crippen LogP contribution is -2.20. The molecule has 0 aromatic heterocycles. The average Bonchev–Trinajstić information content (AvgIpc) is 2.46. The van der Waals surface area contributed by atoms with Crippen LogP contribution in [0.4, 0.5) is 0 Å². The van der Waals surface area contributed by atoms with Crippen molar-refractivity contribution in [1.82, 2.24) is 0 Å². The molecule has 0 bridgehead atoms. The van der Waals surface area contributed by atoms with E-state index in [2.05, 4.69) is 0 Å². The zero-order valence-corrected chi connectivity index (χ0v) is 11.4. The molecule has 0 saturated carbocycles. The lowest BCUT2D eigenvalue weighted by molar-refractivity contribution is 0.0992. The normalized spacial score (nSPS) is 14.5. The second-order valence-corrected chi connectivity index (χ2v) is 5.07. The van der Waals surface area contributed by atoms with Crippen molar-refractivity contribution in [2.24, 2.45) is 0 Å². The Labute approximate surface area is 117 Å². The molecular weight excluding hydrogens is 248 g/mol. The molecule has 98 valence electrons. The number of hydrogen-bond acceptors (Lipinski definition) is 2. The predicted octanol–water partition coefficient (Wildman–Crippen LogP) is 3.85. The van der Waals surface area contributed by atoms with E-state index < -0.39 is 0 Å². The third-order valence-electron chi connectivity index (χ3n) is 3.67. The molecule has 0 N–H and O–H groups in total. The fourth-order valence-corrected chi connectivity index (χ4v) is 2.62. The van der Waals surface area contributed by atoms with Crippen LogP contribution in [-0.2, 0) is 0 Å². The molecule has 2 heteroatoms. The number of allylic oxidation sites excluding steroid dienone is 2. The Bertz CT molecular complexity index is 752. The van der Waals surface area contributed by atoms with Gasteiger partial charge in [-0.2, -0.15) is 0 Å². The molecular formula is C18H14O2. The second kappa shape index (κ2) is 4.57. The van der Waals surface area contributed by atoms with Gasteiger partial charge in [-0.1, -0.05) is 48.0 Å². The first-order valence-electron chi connectivity index (χ1n) is 6.56. The number of aryl methyl sites for hydroxylation is 1. The van der Waals surface area contributed by atoms with Crippen molar-refractivity contribution in [1.29, 1.82) is 0 Å². The number of rotatable bonds is 1. The van der Waals surface area contributed by atoms with Gasteiger partial charge in [0.15, 0.2) is 11.6 Å². The number of carbonyl (C=O) groups excluding carboxylic acids is 2. The number of hydrogen-bond donors (Lipinski definition) is 0. The Morgan fingerprint density at radius 2 is 1.45 bits per heavy atom. The third kappa shape index (κ3) is 1.81. The number of benzene rings is 2. The van der Waals surface area contributed by atoms with E-state index in [1.165, 1.54) is 0 Å². The van der Waals surface area contributed by atoms with Crippen molar-refractivity contribution >= 4 is 17.1 Å². The summed E-state index contributed by atoms with van der Waals surface area (Å²) in [5, 5.41) is 0. The molecule has 0 atom stereocenters. The first-order chi connectivity index (χ1) is 9.59. The second-order valence-electron chi connectivity index (χ2n) is 5.07. The molecule has 20 heavy (non-hydrogen) atoms. The summed E-state index contributed by atoms with van der Waals surface area (Å²) in [6.45, 7) is 3.65. The van der Waals surface area contributed by atoms with Gasteiger partial charge in [-0.05, 0) is 25.5 Å². The highest BCUT2D eigenvalue weighted by atomic mass is 16.1. The number of ketones is 2. The molecule has 3 rings (SSSR count). The van der Waals surface area contributed by atoms with Gasteiger partial charge in [-0.25, -0.2) is 0 Å². The van der Waals surface area contributed by atoms with Gasteiger partial charge in [-0.3, -0.25) is 9.59 Å². The average molecular weight is 262 g/mol. The molecule has 2 nitrogen and oxygen atoms in total. The highest BCUT2D eigenvalue weighted by Gasteiger charge is 2.30. The SMILES string of the molecule is CC1=C(c2ccccc2)C(=O)c2cc(C)ccc2C1=O. The molecule has 0 aliphatic heterocycles. The van der Waals surface area contributed by atoms with Crippen LogP contribution in [0.15, 0.2) is 54.1 Å². The molecule has 0 heterocycles. The van der Waals surface area contributed by atoms with Crippen LogP contribution < -0.4 is 0 Å². The van der Waals surface area contributed by atoms with Crippen molar-refractivity contribution in [2.75, 3.05) is 0 Å². The summed E-state index contributed by atoms with van der Waals surface area (Å²) in [4.78, 5) is 25.2. The zero-order valence-electron chi connectivity index (χ0n) is 11.4. The maximum atomic E-state index is 12.7. The fourth-order valence-electron chi connectivity index (χ4n) is 2.62. The summed E-state index contributed by atoms with van der Waals surface area (Å²) in [6, 6.07) is 14.8. The summed E-state index contributed by atoms with van der Waals surface area (Å²) < 4.78 is 0. The van der Waals surface area contributed by atoms with E-state index >= 15 is 0 Å². The van der Waals surface area contributed by atoms with Crippen LogP contribution in [0.1, 0.15) is 38.8 Å². The summed E-state index contributed by atoms with van der Waals surface area (Å²) in [5.41, 5.74) is 3.86. The zero-order chi connectivity index (χ0) is 14.3. The molecule has 0 radical (unpaired) electrons. The Balaban J connectivity index is 2.25. The Morgan fingerprint density at radius 1 is 0.750 bits per heavy atom. The van der Waals surface area contributed by atoms with E-state index in [4.69, 9.17) is 0 Å². The van der Waals surface area contributed by atoms with Crippen LogP contribution in [-0.4, -0.2) is 11.6 Å². The van der Waals surface area contributed by atoms with Crippen LogP contribution in [0.2, 0.25) is 0 Å². The molecule has 0 unspecified atom stereocenters. The predicted molar refractivity (Wildman–Crippen MR) is 78.9 cm³/mol. The summed E-state index contributed by atoms with van der Waals surface area (Å²) >= 11 is 0. The van der Waals surface area contributed by atoms with Gasteiger partial charge in [-0.15, -0.1) is 0 Å². The molecule has 0 saturated heterocycles. The topological polar surface area (TPSA) is 34.1 Å². The number of fused-ring (bicyclic) bond motifs is 1. The Kier molecular flexibility index (Phi) is 2.87. The maximum absolute atomic E-state index is 12.7. The number of carbonyl (C=O) groups is 2. The highest BCUT2D eigenvalue weighted by molar-refractivity contribution is 6.40. The molecule has 0 spiro atoms. The standard InChI is InChI=1S/C18H14O2/c1-11-8-9-14-15(10-11)18(20)16(12(2)17(14)19)13-6-4-3-5-7-13/h3-10H,1-2H3. The van der Waals surface area contributed by atoms with Crippen LogP contribution in [0.25, 0.3) is 5.57 Å². The van der Waals surface area contributed by atoms with Gasteiger partial charge in [0.05, 0.1) is 0 Å². The van der Waals surface area contributed by atoms with Crippen LogP contribution >= 0.6 is 0 Å². The Morgan fingerprint density at radius 3 is 2.15 bits per heavy atom. The molecule has 0 fully saturated rings. The van der Waals surface area contributed by atoms with Gasteiger partial charge in [0, 0.05) is 22.3 Å². The van der Waals surface area contributed by atoms with Crippen molar-refractivity contribution in [3.8, 4) is 0 Å². The summed E-state index contributed by atoms with van der Waals surface area (Å²) in [5.74, 6) is -0.120. The minimum atomic E-state index is -0.0630. The van der Waals surface area contributed by atoms with Crippen LogP contribution in [0.3, 0.4) is 0 Å². The number of Topliss-reactive ketones (excluding diaryl/α,β-unsaturated/α-hetero) is 2. The molecule has 2 aromatic carbocycles. The largest absolute Gasteiger partial charge is 0.289 e. The van der Waals surface area contributed by atoms with Gasteiger partial charge in [0.1, 0.15) is 0 Å². The fraction of sp³-hybridized carbons (Fsp3) is 0.111. The highest BCUT2D eigenvalue weighted by Crippen LogP contribution is 2.32. The molecule has 0 amide bonds. The lowest BCUT2D eigenvalue weighted by Gasteiger charge is -2.19. The van der Waals surface area contributed by atoms with Crippen molar-refractivity contribution in [2.45, 2.75) is 13.8 Å².